The smallest absolute Gasteiger partial charge is 0.390 e. The summed E-state index contributed by atoms with van der Waals surface area (Å²) in [5.41, 5.74) is 0. The Morgan fingerprint density at radius 2 is 2.04 bits per heavy atom. The maximum atomic E-state index is 12.2. The highest BCUT2D eigenvalue weighted by Gasteiger charge is 2.36. The molecule has 0 saturated carbocycles. The molecule has 0 aliphatic carbocycles. The van der Waals surface area contributed by atoms with E-state index in [0.717, 1.165) is 4.31 Å². The fraction of sp³-hybridized carbons (Fsp3) is 0.692. The van der Waals surface area contributed by atoms with Crippen molar-refractivity contribution < 1.29 is 26.3 Å². The molecule has 1 aromatic rings. The average Bonchev–Trinajstić information content (AvgIpc) is 2.95. The summed E-state index contributed by atoms with van der Waals surface area (Å²) in [7, 11) is -0.324. The third-order valence-corrected chi connectivity index (χ3v) is 5.35. The van der Waals surface area contributed by atoms with Gasteiger partial charge in [0.15, 0.2) is 5.82 Å². The Morgan fingerprint density at radius 3 is 2.58 bits per heavy atom. The minimum Gasteiger partial charge on any atom is -0.472 e. The fourth-order valence-corrected chi connectivity index (χ4v) is 3.73. The predicted octanol–water partition coefficient (Wildman–Crippen LogP) is 1.28. The minimum absolute atomic E-state index is 0.0112. The molecule has 0 bridgehead atoms. The Kier molecular flexibility index (Phi) is 5.53. The summed E-state index contributed by atoms with van der Waals surface area (Å²) in [5.74, 6) is -0.0501. The SMILES string of the molecule is CN(C)c1ccc(OC2CCN(S(=O)(=O)CCC(F)(F)F)C2)nn1. The molecule has 1 aliphatic heterocycles. The lowest BCUT2D eigenvalue weighted by Gasteiger charge is -2.17. The van der Waals surface area contributed by atoms with Crippen LogP contribution in [-0.4, -0.2) is 68.1 Å². The van der Waals surface area contributed by atoms with Crippen LogP contribution in [0.3, 0.4) is 0 Å². The lowest BCUT2D eigenvalue weighted by Crippen LogP contribution is -2.34. The van der Waals surface area contributed by atoms with E-state index in [-0.39, 0.29) is 19.0 Å². The molecular formula is C13H19F3N4O3S. The minimum atomic E-state index is -4.49. The van der Waals surface area contributed by atoms with E-state index in [4.69, 9.17) is 4.74 Å². The maximum Gasteiger partial charge on any atom is 0.390 e. The Bertz CT molecular complexity index is 649. The Hall–Kier alpha value is -1.62. The largest absolute Gasteiger partial charge is 0.472 e. The molecule has 7 nitrogen and oxygen atoms in total. The summed E-state index contributed by atoms with van der Waals surface area (Å²) in [4.78, 5) is 1.77. The topological polar surface area (TPSA) is 75.6 Å². The molecule has 1 saturated heterocycles. The van der Waals surface area contributed by atoms with Gasteiger partial charge in [-0.05, 0) is 12.5 Å². The normalized spacial score (nSPS) is 19.5. The van der Waals surface area contributed by atoms with Gasteiger partial charge in [-0.3, -0.25) is 0 Å². The molecule has 11 heteroatoms. The molecule has 0 spiro atoms. The zero-order valence-electron chi connectivity index (χ0n) is 13.3. The lowest BCUT2D eigenvalue weighted by molar-refractivity contribution is -0.130. The highest BCUT2D eigenvalue weighted by molar-refractivity contribution is 7.89. The van der Waals surface area contributed by atoms with Gasteiger partial charge in [-0.25, -0.2) is 8.42 Å². The van der Waals surface area contributed by atoms with Crippen LogP contribution in [0.2, 0.25) is 0 Å². The van der Waals surface area contributed by atoms with Crippen molar-refractivity contribution in [3.63, 3.8) is 0 Å². The van der Waals surface area contributed by atoms with Crippen molar-refractivity contribution in [2.24, 2.45) is 0 Å². The van der Waals surface area contributed by atoms with E-state index in [2.05, 4.69) is 10.2 Å². The summed E-state index contributed by atoms with van der Waals surface area (Å²) < 4.78 is 67.1. The number of anilines is 1. The van der Waals surface area contributed by atoms with E-state index in [1.54, 1.807) is 17.0 Å². The molecule has 2 heterocycles. The molecule has 2 rings (SSSR count). The van der Waals surface area contributed by atoms with Gasteiger partial charge in [0.1, 0.15) is 6.10 Å². The van der Waals surface area contributed by atoms with Crippen LogP contribution in [0.4, 0.5) is 19.0 Å². The molecule has 0 radical (unpaired) electrons. The molecule has 1 aliphatic rings. The second-order valence-electron chi connectivity index (χ2n) is 5.69. The first-order valence-corrected chi connectivity index (χ1v) is 8.90. The van der Waals surface area contributed by atoms with E-state index >= 15 is 0 Å². The van der Waals surface area contributed by atoms with Gasteiger partial charge < -0.3 is 9.64 Å². The van der Waals surface area contributed by atoms with Gasteiger partial charge in [-0.1, -0.05) is 0 Å². The number of sulfonamides is 1. The summed E-state index contributed by atoms with van der Waals surface area (Å²) >= 11 is 0. The van der Waals surface area contributed by atoms with Crippen LogP contribution in [0.1, 0.15) is 12.8 Å². The second-order valence-corrected chi connectivity index (χ2v) is 7.78. The van der Waals surface area contributed by atoms with E-state index in [9.17, 15) is 21.6 Å². The van der Waals surface area contributed by atoms with Crippen molar-refractivity contribution in [3.8, 4) is 5.88 Å². The maximum absolute atomic E-state index is 12.2. The standard InChI is InChI=1S/C13H19F3N4O3S/c1-19(2)11-3-4-12(18-17-11)23-10-5-7-20(9-10)24(21,22)8-6-13(14,15)16/h3-4,10H,5-9H2,1-2H3. The quantitative estimate of drug-likeness (QED) is 0.753. The van der Waals surface area contributed by atoms with Gasteiger partial charge >= 0.3 is 6.18 Å². The first-order valence-electron chi connectivity index (χ1n) is 7.29. The van der Waals surface area contributed by atoms with Gasteiger partial charge in [0.25, 0.3) is 0 Å². The summed E-state index contributed by atoms with van der Waals surface area (Å²) in [5, 5.41) is 7.83. The van der Waals surface area contributed by atoms with E-state index in [0.29, 0.717) is 12.2 Å². The van der Waals surface area contributed by atoms with Crippen molar-refractivity contribution >= 4 is 15.8 Å². The van der Waals surface area contributed by atoms with Crippen molar-refractivity contribution in [1.29, 1.82) is 0 Å². The Labute approximate surface area is 138 Å². The van der Waals surface area contributed by atoms with Crippen LogP contribution in [0, 0.1) is 0 Å². The zero-order chi connectivity index (χ0) is 18.0. The van der Waals surface area contributed by atoms with Crippen LogP contribution in [0.5, 0.6) is 5.88 Å². The molecule has 136 valence electrons. The van der Waals surface area contributed by atoms with Crippen LogP contribution >= 0.6 is 0 Å². The highest BCUT2D eigenvalue weighted by Crippen LogP contribution is 2.24. The number of alkyl halides is 3. The number of hydrogen-bond donors (Lipinski definition) is 0. The first kappa shape index (κ1) is 18.7. The number of halogens is 3. The molecule has 1 fully saturated rings. The van der Waals surface area contributed by atoms with Gasteiger partial charge in [-0.15, -0.1) is 10.2 Å². The van der Waals surface area contributed by atoms with Crippen LogP contribution < -0.4 is 9.64 Å². The van der Waals surface area contributed by atoms with Crippen molar-refractivity contribution in [1.82, 2.24) is 14.5 Å². The summed E-state index contributed by atoms with van der Waals surface area (Å²) in [6.45, 7) is 0.144. The molecule has 1 unspecified atom stereocenters. The molecule has 0 N–H and O–H groups in total. The van der Waals surface area contributed by atoms with Gasteiger partial charge in [0, 0.05) is 26.7 Å². The number of aromatic nitrogens is 2. The second kappa shape index (κ2) is 7.09. The van der Waals surface area contributed by atoms with Gasteiger partial charge in [0.05, 0.1) is 18.7 Å². The van der Waals surface area contributed by atoms with Gasteiger partial charge in [0.2, 0.25) is 15.9 Å². The number of rotatable bonds is 6. The molecule has 1 aromatic heterocycles. The van der Waals surface area contributed by atoms with Crippen molar-refractivity contribution in [2.75, 3.05) is 37.8 Å². The van der Waals surface area contributed by atoms with Crippen molar-refractivity contribution in [2.45, 2.75) is 25.1 Å². The summed E-state index contributed by atoms with van der Waals surface area (Å²) in [6.07, 6.45) is -5.91. The van der Waals surface area contributed by atoms with Crippen LogP contribution in [0.25, 0.3) is 0 Å². The predicted molar refractivity (Wildman–Crippen MR) is 81.4 cm³/mol. The fourth-order valence-electron chi connectivity index (χ4n) is 2.21. The van der Waals surface area contributed by atoms with E-state index < -0.39 is 34.5 Å². The third kappa shape index (κ3) is 5.20. The third-order valence-electron chi connectivity index (χ3n) is 3.52. The zero-order valence-corrected chi connectivity index (χ0v) is 14.1. The summed E-state index contributed by atoms with van der Waals surface area (Å²) in [6, 6.07) is 3.32. The highest BCUT2D eigenvalue weighted by atomic mass is 32.2. The molecule has 0 aromatic carbocycles. The number of ether oxygens (including phenoxy) is 1. The Morgan fingerprint density at radius 1 is 1.33 bits per heavy atom. The number of hydrogen-bond acceptors (Lipinski definition) is 6. The molecular weight excluding hydrogens is 349 g/mol. The Balaban J connectivity index is 1.90. The molecule has 0 amide bonds. The van der Waals surface area contributed by atoms with Crippen LogP contribution in [-0.2, 0) is 10.0 Å². The van der Waals surface area contributed by atoms with Crippen LogP contribution in [0.15, 0.2) is 12.1 Å². The molecule has 1 atom stereocenters. The first-order chi connectivity index (χ1) is 11.1. The van der Waals surface area contributed by atoms with E-state index in [1.165, 1.54) is 0 Å². The monoisotopic (exact) mass is 368 g/mol. The van der Waals surface area contributed by atoms with Gasteiger partial charge in [-0.2, -0.15) is 17.5 Å². The number of nitrogens with zero attached hydrogens (tertiary/aromatic N) is 4. The average molecular weight is 368 g/mol. The lowest BCUT2D eigenvalue weighted by atomic mass is 10.3. The van der Waals surface area contributed by atoms with E-state index in [1.807, 2.05) is 14.1 Å². The molecule has 24 heavy (non-hydrogen) atoms. The van der Waals surface area contributed by atoms with Crippen molar-refractivity contribution in [3.05, 3.63) is 12.1 Å².